The number of aryl methyl sites for hydroxylation is 2. The zero-order valence-corrected chi connectivity index (χ0v) is 18.7. The van der Waals surface area contributed by atoms with E-state index in [9.17, 15) is 14.4 Å². The van der Waals surface area contributed by atoms with E-state index in [2.05, 4.69) is 10.6 Å². The van der Waals surface area contributed by atoms with Crippen molar-refractivity contribution in [2.45, 2.75) is 39.3 Å². The highest BCUT2D eigenvalue weighted by molar-refractivity contribution is 6.42. The van der Waals surface area contributed by atoms with E-state index >= 15 is 0 Å². The summed E-state index contributed by atoms with van der Waals surface area (Å²) in [5, 5.41) is 6.11. The molecule has 1 saturated heterocycles. The molecule has 2 N–H and O–H groups in total. The summed E-state index contributed by atoms with van der Waals surface area (Å²) in [5.74, 6) is -0.956. The fourth-order valence-electron chi connectivity index (χ4n) is 3.39. The number of rotatable bonds is 5. The SMILES string of the molecule is Cc1ccc([C@H](C)NC(=O)CN2C(=O)N[C@@](C)(c3ccc(Cl)c(Cl)c3)C2=O)cc1C. The van der Waals surface area contributed by atoms with E-state index < -0.39 is 23.4 Å². The molecular formula is C22H23Cl2N3O3. The lowest BCUT2D eigenvalue weighted by molar-refractivity contribution is -0.135. The molecule has 0 bridgehead atoms. The monoisotopic (exact) mass is 447 g/mol. The summed E-state index contributed by atoms with van der Waals surface area (Å²) in [7, 11) is 0. The summed E-state index contributed by atoms with van der Waals surface area (Å²) in [5.41, 5.74) is 2.40. The molecule has 1 fully saturated rings. The highest BCUT2D eigenvalue weighted by Gasteiger charge is 2.49. The molecule has 30 heavy (non-hydrogen) atoms. The van der Waals surface area contributed by atoms with Gasteiger partial charge in [0.2, 0.25) is 5.91 Å². The first-order valence-electron chi connectivity index (χ1n) is 9.49. The maximum absolute atomic E-state index is 13.0. The summed E-state index contributed by atoms with van der Waals surface area (Å²) in [6, 6.07) is 9.77. The van der Waals surface area contributed by atoms with Gasteiger partial charge in [-0.2, -0.15) is 0 Å². The number of hydrogen-bond donors (Lipinski definition) is 2. The molecule has 158 valence electrons. The van der Waals surface area contributed by atoms with Crippen LogP contribution in [0.25, 0.3) is 0 Å². The van der Waals surface area contributed by atoms with Crippen LogP contribution in [0, 0.1) is 13.8 Å². The predicted molar refractivity (Wildman–Crippen MR) is 117 cm³/mol. The largest absolute Gasteiger partial charge is 0.348 e. The van der Waals surface area contributed by atoms with Crippen LogP contribution in [0.5, 0.6) is 0 Å². The second-order valence-corrected chi connectivity index (χ2v) is 8.52. The van der Waals surface area contributed by atoms with Crippen LogP contribution in [0.3, 0.4) is 0 Å². The van der Waals surface area contributed by atoms with E-state index in [-0.39, 0.29) is 17.6 Å². The Balaban J connectivity index is 1.72. The van der Waals surface area contributed by atoms with E-state index in [1.807, 2.05) is 39.0 Å². The van der Waals surface area contributed by atoms with Crippen molar-refractivity contribution in [3.05, 3.63) is 68.7 Å². The first-order chi connectivity index (χ1) is 14.0. The number of imide groups is 1. The van der Waals surface area contributed by atoms with Gasteiger partial charge in [-0.05, 0) is 62.1 Å². The van der Waals surface area contributed by atoms with Gasteiger partial charge in [0, 0.05) is 0 Å². The molecule has 0 aromatic heterocycles. The number of amides is 4. The molecule has 0 radical (unpaired) electrons. The second-order valence-electron chi connectivity index (χ2n) is 7.71. The Bertz CT molecular complexity index is 1040. The van der Waals surface area contributed by atoms with Gasteiger partial charge < -0.3 is 10.6 Å². The molecule has 0 spiro atoms. The third-order valence-electron chi connectivity index (χ3n) is 5.48. The second kappa shape index (κ2) is 8.28. The van der Waals surface area contributed by atoms with Crippen LogP contribution in [0.1, 0.15) is 42.1 Å². The van der Waals surface area contributed by atoms with E-state index in [0.717, 1.165) is 21.6 Å². The van der Waals surface area contributed by atoms with E-state index in [0.29, 0.717) is 10.6 Å². The Morgan fingerprint density at radius 3 is 2.43 bits per heavy atom. The minimum absolute atomic E-state index is 0.265. The van der Waals surface area contributed by atoms with Crippen molar-refractivity contribution in [1.82, 2.24) is 15.5 Å². The lowest BCUT2D eigenvalue weighted by Gasteiger charge is -2.23. The molecular weight excluding hydrogens is 425 g/mol. The summed E-state index contributed by atoms with van der Waals surface area (Å²) in [4.78, 5) is 38.9. The summed E-state index contributed by atoms with van der Waals surface area (Å²) < 4.78 is 0. The molecule has 0 aliphatic carbocycles. The zero-order valence-electron chi connectivity index (χ0n) is 17.2. The van der Waals surface area contributed by atoms with E-state index in [4.69, 9.17) is 23.2 Å². The first kappa shape index (κ1) is 22.1. The smallest absolute Gasteiger partial charge is 0.325 e. The topological polar surface area (TPSA) is 78.5 Å². The number of nitrogens with one attached hydrogen (secondary N) is 2. The number of carbonyl (C=O) groups is 3. The number of urea groups is 1. The number of benzene rings is 2. The molecule has 6 nitrogen and oxygen atoms in total. The molecule has 1 aliphatic rings. The lowest BCUT2D eigenvalue weighted by atomic mass is 9.92. The zero-order chi connectivity index (χ0) is 22.2. The van der Waals surface area contributed by atoms with Crippen LogP contribution in [0.2, 0.25) is 10.0 Å². The minimum Gasteiger partial charge on any atom is -0.348 e. The van der Waals surface area contributed by atoms with Gasteiger partial charge in [-0.3, -0.25) is 14.5 Å². The van der Waals surface area contributed by atoms with Crippen molar-refractivity contribution in [3.63, 3.8) is 0 Å². The van der Waals surface area contributed by atoms with Gasteiger partial charge in [0.05, 0.1) is 16.1 Å². The van der Waals surface area contributed by atoms with Crippen LogP contribution >= 0.6 is 23.2 Å². The molecule has 4 amide bonds. The lowest BCUT2D eigenvalue weighted by Crippen LogP contribution is -2.43. The van der Waals surface area contributed by atoms with E-state index in [1.165, 1.54) is 6.07 Å². The normalized spacial score (nSPS) is 19.6. The van der Waals surface area contributed by atoms with Crippen molar-refractivity contribution in [2.24, 2.45) is 0 Å². The molecule has 0 unspecified atom stereocenters. The van der Waals surface area contributed by atoms with Gasteiger partial charge in [0.15, 0.2) is 0 Å². The van der Waals surface area contributed by atoms with Crippen LogP contribution in [0.4, 0.5) is 4.79 Å². The molecule has 1 aliphatic heterocycles. The predicted octanol–water partition coefficient (Wildman–Crippen LogP) is 4.25. The number of halogens is 2. The maximum atomic E-state index is 13.0. The average Bonchev–Trinajstić information content (AvgIpc) is 2.90. The van der Waals surface area contributed by atoms with Crippen LogP contribution in [-0.2, 0) is 15.1 Å². The van der Waals surface area contributed by atoms with Gasteiger partial charge in [0.25, 0.3) is 5.91 Å². The Kier molecular flexibility index (Phi) is 6.11. The molecule has 2 aromatic carbocycles. The molecule has 1 heterocycles. The van der Waals surface area contributed by atoms with Gasteiger partial charge in [-0.1, -0.05) is 47.5 Å². The Morgan fingerprint density at radius 2 is 1.80 bits per heavy atom. The van der Waals surface area contributed by atoms with Crippen LogP contribution in [0.15, 0.2) is 36.4 Å². The number of hydrogen-bond acceptors (Lipinski definition) is 3. The van der Waals surface area contributed by atoms with Crippen molar-refractivity contribution < 1.29 is 14.4 Å². The third-order valence-corrected chi connectivity index (χ3v) is 6.22. The van der Waals surface area contributed by atoms with Crippen molar-refractivity contribution in [1.29, 1.82) is 0 Å². The van der Waals surface area contributed by atoms with Gasteiger partial charge in [0.1, 0.15) is 12.1 Å². The standard InChI is InChI=1S/C22H23Cl2N3O3/c1-12-5-6-15(9-13(12)2)14(3)25-19(28)11-27-20(29)22(4,26-21(27)30)16-7-8-17(23)18(24)10-16/h5-10,14H,11H2,1-4H3,(H,25,28)(H,26,30)/t14-,22-/m0/s1. The molecule has 0 saturated carbocycles. The van der Waals surface area contributed by atoms with Crippen molar-refractivity contribution >= 4 is 41.0 Å². The van der Waals surface area contributed by atoms with Crippen molar-refractivity contribution in [3.8, 4) is 0 Å². The number of nitrogens with zero attached hydrogens (tertiary/aromatic N) is 1. The third kappa shape index (κ3) is 4.16. The van der Waals surface area contributed by atoms with Crippen LogP contribution < -0.4 is 10.6 Å². The van der Waals surface area contributed by atoms with Gasteiger partial charge in [-0.25, -0.2) is 4.79 Å². The summed E-state index contributed by atoms with van der Waals surface area (Å²) in [6.07, 6.45) is 0. The highest BCUT2D eigenvalue weighted by atomic mass is 35.5. The van der Waals surface area contributed by atoms with Crippen LogP contribution in [-0.4, -0.2) is 29.3 Å². The number of carbonyl (C=O) groups excluding carboxylic acids is 3. The van der Waals surface area contributed by atoms with E-state index in [1.54, 1.807) is 19.1 Å². The molecule has 2 aromatic rings. The summed E-state index contributed by atoms with van der Waals surface area (Å²) >= 11 is 12.0. The fraction of sp³-hybridized carbons (Fsp3) is 0.318. The average molecular weight is 448 g/mol. The molecule has 2 atom stereocenters. The maximum Gasteiger partial charge on any atom is 0.325 e. The quantitative estimate of drug-likeness (QED) is 0.672. The Labute approximate surface area is 185 Å². The fourth-order valence-corrected chi connectivity index (χ4v) is 3.69. The molecule has 8 heteroatoms. The highest BCUT2D eigenvalue weighted by Crippen LogP contribution is 2.33. The first-order valence-corrected chi connectivity index (χ1v) is 10.2. The summed E-state index contributed by atoms with van der Waals surface area (Å²) in [6.45, 7) is 7.07. The minimum atomic E-state index is -1.33. The van der Waals surface area contributed by atoms with Gasteiger partial charge >= 0.3 is 6.03 Å². The van der Waals surface area contributed by atoms with Crippen molar-refractivity contribution in [2.75, 3.05) is 6.54 Å². The Hall–Kier alpha value is -2.57. The molecule has 3 rings (SSSR count). The Morgan fingerprint density at radius 1 is 1.10 bits per heavy atom. The van der Waals surface area contributed by atoms with Gasteiger partial charge in [-0.15, -0.1) is 0 Å².